The van der Waals surface area contributed by atoms with E-state index in [1.54, 1.807) is 37.9 Å². The van der Waals surface area contributed by atoms with Crippen molar-refractivity contribution in [3.8, 4) is 0 Å². The summed E-state index contributed by atoms with van der Waals surface area (Å²) in [6.45, 7) is 3.35. The zero-order chi connectivity index (χ0) is 21.9. The third-order valence-electron chi connectivity index (χ3n) is 4.41. The number of halogens is 1. The van der Waals surface area contributed by atoms with Gasteiger partial charge in [-0.2, -0.15) is 0 Å². The molecule has 3 rings (SSSR count). The van der Waals surface area contributed by atoms with E-state index < -0.39 is 27.8 Å². The Balaban J connectivity index is 1.97. The molecule has 30 heavy (non-hydrogen) atoms. The fourth-order valence-electron chi connectivity index (χ4n) is 3.03. The normalized spacial score (nSPS) is 12.7. The summed E-state index contributed by atoms with van der Waals surface area (Å²) in [7, 11) is -2.09. The van der Waals surface area contributed by atoms with E-state index >= 15 is 0 Å². The van der Waals surface area contributed by atoms with Crippen LogP contribution < -0.4 is 10.0 Å². The van der Waals surface area contributed by atoms with Gasteiger partial charge in [0.1, 0.15) is 17.7 Å². The van der Waals surface area contributed by atoms with E-state index in [1.807, 2.05) is 30.3 Å². The lowest BCUT2D eigenvalue weighted by molar-refractivity contribution is 0.0937. The van der Waals surface area contributed by atoms with Gasteiger partial charge in [-0.1, -0.05) is 30.3 Å². The van der Waals surface area contributed by atoms with Crippen molar-refractivity contribution in [2.45, 2.75) is 30.8 Å². The highest BCUT2D eigenvalue weighted by molar-refractivity contribution is 7.89. The lowest BCUT2D eigenvalue weighted by Gasteiger charge is -2.19. The number of aryl methyl sites for hydroxylation is 1. The van der Waals surface area contributed by atoms with E-state index in [9.17, 15) is 17.6 Å². The van der Waals surface area contributed by atoms with Crippen LogP contribution in [0.15, 0.2) is 65.8 Å². The Morgan fingerprint density at radius 2 is 1.83 bits per heavy atom. The topological polar surface area (TPSA) is 93.1 Å². The highest BCUT2D eigenvalue weighted by Crippen LogP contribution is 2.22. The van der Waals surface area contributed by atoms with E-state index in [4.69, 9.17) is 0 Å². The number of amides is 1. The molecule has 1 aromatic heterocycles. The summed E-state index contributed by atoms with van der Waals surface area (Å²) in [6.07, 6.45) is 3.34. The van der Waals surface area contributed by atoms with Crippen LogP contribution in [0.1, 0.15) is 41.6 Å². The fraction of sp³-hybridized carbons (Fsp3) is 0.238. The number of hydrogen-bond acceptors (Lipinski definition) is 4. The number of benzene rings is 2. The first kappa shape index (κ1) is 21.7. The van der Waals surface area contributed by atoms with E-state index in [1.165, 1.54) is 0 Å². The van der Waals surface area contributed by atoms with Crippen LogP contribution in [0.25, 0.3) is 0 Å². The van der Waals surface area contributed by atoms with Crippen LogP contribution >= 0.6 is 0 Å². The van der Waals surface area contributed by atoms with Crippen molar-refractivity contribution in [3.05, 3.63) is 83.7 Å². The summed E-state index contributed by atoms with van der Waals surface area (Å²) in [4.78, 5) is 17.1. The maximum atomic E-state index is 14.4. The van der Waals surface area contributed by atoms with Gasteiger partial charge in [-0.25, -0.2) is 22.5 Å². The monoisotopic (exact) mass is 430 g/mol. The van der Waals surface area contributed by atoms with Crippen molar-refractivity contribution in [1.29, 1.82) is 0 Å². The van der Waals surface area contributed by atoms with Crippen LogP contribution in [0.5, 0.6) is 0 Å². The Labute approximate surface area is 175 Å². The van der Waals surface area contributed by atoms with Gasteiger partial charge in [-0.15, -0.1) is 0 Å². The van der Waals surface area contributed by atoms with E-state index in [0.29, 0.717) is 5.82 Å². The van der Waals surface area contributed by atoms with Crippen molar-refractivity contribution in [1.82, 2.24) is 19.6 Å². The first-order valence-electron chi connectivity index (χ1n) is 9.34. The summed E-state index contributed by atoms with van der Waals surface area (Å²) in [5.41, 5.74) is 0.391. The lowest BCUT2D eigenvalue weighted by atomic mass is 10.1. The van der Waals surface area contributed by atoms with Crippen molar-refractivity contribution in [2.75, 3.05) is 0 Å². The van der Waals surface area contributed by atoms with Crippen LogP contribution in [0.3, 0.4) is 0 Å². The van der Waals surface area contributed by atoms with Gasteiger partial charge in [0.15, 0.2) is 0 Å². The number of rotatable bonds is 7. The Morgan fingerprint density at radius 1 is 1.13 bits per heavy atom. The number of hydrogen-bond donors (Lipinski definition) is 2. The molecule has 1 atom stereocenters. The second kappa shape index (κ2) is 8.76. The molecule has 0 radical (unpaired) electrons. The van der Waals surface area contributed by atoms with Gasteiger partial charge in [-0.3, -0.25) is 4.79 Å². The number of carbonyl (C=O) groups excluding carboxylic acids is 1. The van der Waals surface area contributed by atoms with Gasteiger partial charge >= 0.3 is 0 Å². The minimum atomic E-state index is -3.88. The second-order valence-electron chi connectivity index (χ2n) is 7.13. The minimum absolute atomic E-state index is 0.184. The Morgan fingerprint density at radius 3 is 2.43 bits per heavy atom. The number of sulfonamides is 1. The number of carbonyl (C=O) groups is 1. The minimum Gasteiger partial charge on any atom is -0.338 e. The van der Waals surface area contributed by atoms with Gasteiger partial charge in [0, 0.05) is 25.5 Å². The van der Waals surface area contributed by atoms with E-state index in [0.717, 1.165) is 23.8 Å². The molecule has 9 heteroatoms. The third kappa shape index (κ3) is 4.74. The van der Waals surface area contributed by atoms with Crippen molar-refractivity contribution >= 4 is 15.9 Å². The predicted octanol–water partition coefficient (Wildman–Crippen LogP) is 2.77. The molecular weight excluding hydrogens is 407 g/mol. The number of nitrogens with one attached hydrogen (secondary N) is 2. The van der Waals surface area contributed by atoms with Crippen LogP contribution in [-0.4, -0.2) is 29.9 Å². The molecular formula is C21H23FN4O3S. The van der Waals surface area contributed by atoms with Crippen LogP contribution in [0.2, 0.25) is 0 Å². The number of aromatic nitrogens is 2. The van der Waals surface area contributed by atoms with Gasteiger partial charge in [0.25, 0.3) is 5.91 Å². The van der Waals surface area contributed by atoms with E-state index in [-0.39, 0.29) is 16.5 Å². The van der Waals surface area contributed by atoms with Crippen LogP contribution in [0, 0.1) is 5.82 Å². The van der Waals surface area contributed by atoms with Gasteiger partial charge in [0.2, 0.25) is 10.0 Å². The lowest BCUT2D eigenvalue weighted by Crippen LogP contribution is -2.33. The molecule has 0 saturated carbocycles. The molecule has 0 fully saturated rings. The average molecular weight is 431 g/mol. The first-order valence-corrected chi connectivity index (χ1v) is 10.8. The van der Waals surface area contributed by atoms with Crippen molar-refractivity contribution in [3.63, 3.8) is 0 Å². The standard InChI is InChI=1S/C21H23FN4O3S/c1-14(2)25-30(28,29)16-9-10-18(22)17(13-16)21(27)24-19(15-7-5-4-6-8-15)20-23-11-12-26(20)3/h4-14,19,25H,1-3H3,(H,24,27). The molecule has 0 bridgehead atoms. The highest BCUT2D eigenvalue weighted by atomic mass is 32.2. The second-order valence-corrected chi connectivity index (χ2v) is 8.85. The number of imidazole rings is 1. The summed E-state index contributed by atoms with van der Waals surface area (Å²) >= 11 is 0. The largest absolute Gasteiger partial charge is 0.338 e. The quantitative estimate of drug-likeness (QED) is 0.603. The molecule has 0 aliphatic rings. The summed E-state index contributed by atoms with van der Waals surface area (Å²) in [6, 6.07) is 11.3. The third-order valence-corrected chi connectivity index (χ3v) is 6.06. The molecule has 0 aliphatic heterocycles. The maximum Gasteiger partial charge on any atom is 0.255 e. The molecule has 7 nitrogen and oxygen atoms in total. The zero-order valence-electron chi connectivity index (χ0n) is 16.8. The zero-order valence-corrected chi connectivity index (χ0v) is 17.7. The SMILES string of the molecule is CC(C)NS(=O)(=O)c1ccc(F)c(C(=O)NC(c2ccccc2)c2nccn2C)c1. The Bertz CT molecular complexity index is 1140. The van der Waals surface area contributed by atoms with Gasteiger partial charge < -0.3 is 9.88 Å². The first-order chi connectivity index (χ1) is 14.2. The molecule has 2 N–H and O–H groups in total. The van der Waals surface area contributed by atoms with Gasteiger partial charge in [0.05, 0.1) is 10.5 Å². The summed E-state index contributed by atoms with van der Waals surface area (Å²) < 4.78 is 43.5. The predicted molar refractivity (Wildman–Crippen MR) is 111 cm³/mol. The maximum absolute atomic E-state index is 14.4. The fourth-order valence-corrected chi connectivity index (χ4v) is 4.31. The van der Waals surface area contributed by atoms with Crippen LogP contribution in [0.4, 0.5) is 4.39 Å². The molecule has 0 aliphatic carbocycles. The molecule has 158 valence electrons. The molecule has 1 unspecified atom stereocenters. The molecule has 3 aromatic rings. The smallest absolute Gasteiger partial charge is 0.255 e. The Kier molecular flexibility index (Phi) is 6.33. The highest BCUT2D eigenvalue weighted by Gasteiger charge is 2.25. The average Bonchev–Trinajstić information content (AvgIpc) is 3.11. The molecule has 0 saturated heterocycles. The Hall–Kier alpha value is -3.04. The van der Waals surface area contributed by atoms with Crippen molar-refractivity contribution in [2.24, 2.45) is 7.05 Å². The number of nitrogens with zero attached hydrogens (tertiary/aromatic N) is 2. The molecule has 0 spiro atoms. The summed E-state index contributed by atoms with van der Waals surface area (Å²) in [5.74, 6) is -1.01. The van der Waals surface area contributed by atoms with Crippen LogP contribution in [-0.2, 0) is 17.1 Å². The van der Waals surface area contributed by atoms with E-state index in [2.05, 4.69) is 15.0 Å². The summed E-state index contributed by atoms with van der Waals surface area (Å²) in [5, 5.41) is 2.78. The van der Waals surface area contributed by atoms with Gasteiger partial charge in [-0.05, 0) is 37.6 Å². The molecule has 2 aromatic carbocycles. The molecule has 1 heterocycles. The molecule has 1 amide bonds. The van der Waals surface area contributed by atoms with Crippen molar-refractivity contribution < 1.29 is 17.6 Å².